The van der Waals surface area contributed by atoms with Crippen LogP contribution >= 0.6 is 11.6 Å². The normalized spacial score (nSPS) is 13.7. The molecular weight excluding hydrogens is 306 g/mol. The molecule has 1 N–H and O–H groups in total. The summed E-state index contributed by atoms with van der Waals surface area (Å²) in [7, 11) is 0. The molecule has 0 radical (unpaired) electrons. The maximum atomic E-state index is 11.7. The summed E-state index contributed by atoms with van der Waals surface area (Å²) in [6.07, 6.45) is 0. The third kappa shape index (κ3) is 2.68. The van der Waals surface area contributed by atoms with Crippen molar-refractivity contribution in [2.24, 2.45) is 4.99 Å². The fourth-order valence-electron chi connectivity index (χ4n) is 2.23. The Labute approximate surface area is 130 Å². The molecule has 3 rings (SSSR count). The smallest absolute Gasteiger partial charge is 0.270 e. The first-order valence-electron chi connectivity index (χ1n) is 6.43. The minimum Gasteiger partial charge on any atom is -0.324 e. The number of aliphatic imine (C=N–C) groups is 1. The zero-order valence-electron chi connectivity index (χ0n) is 11.2. The van der Waals surface area contributed by atoms with Gasteiger partial charge in [0, 0.05) is 28.3 Å². The van der Waals surface area contributed by atoms with Gasteiger partial charge in [0.25, 0.3) is 5.69 Å². The van der Waals surface area contributed by atoms with Crippen molar-refractivity contribution in [3.05, 3.63) is 68.7 Å². The van der Waals surface area contributed by atoms with Crippen molar-refractivity contribution >= 4 is 34.6 Å². The SMILES string of the molecule is O=C1CN=C(c2ccc(Cl)cc2)c2cc([N+](=O)[O-])ccc2N1. The van der Waals surface area contributed by atoms with Crippen LogP contribution in [0.2, 0.25) is 5.02 Å². The van der Waals surface area contributed by atoms with Crippen molar-refractivity contribution in [3.8, 4) is 0 Å². The van der Waals surface area contributed by atoms with Crippen LogP contribution in [0.15, 0.2) is 47.5 Å². The standard InChI is InChI=1S/C15H10ClN3O3/c16-10-3-1-9(2-4-10)15-12-7-11(19(21)22)5-6-13(12)18-14(20)8-17-15/h1-7H,8H2,(H,18,20). The largest absolute Gasteiger partial charge is 0.324 e. The highest BCUT2D eigenvalue weighted by Crippen LogP contribution is 2.27. The number of hydrogen-bond acceptors (Lipinski definition) is 4. The Bertz CT molecular complexity index is 800. The van der Waals surface area contributed by atoms with Crippen LogP contribution in [0, 0.1) is 10.1 Å². The van der Waals surface area contributed by atoms with Gasteiger partial charge in [0.05, 0.1) is 16.3 Å². The number of hydrogen-bond donors (Lipinski definition) is 1. The summed E-state index contributed by atoms with van der Waals surface area (Å²) in [6.45, 7) is -0.0412. The minimum absolute atomic E-state index is 0.0412. The lowest BCUT2D eigenvalue weighted by Crippen LogP contribution is -2.13. The first-order valence-corrected chi connectivity index (χ1v) is 6.81. The van der Waals surface area contributed by atoms with E-state index in [1.54, 1.807) is 24.3 Å². The zero-order chi connectivity index (χ0) is 15.7. The molecule has 0 atom stereocenters. The molecular formula is C15H10ClN3O3. The summed E-state index contributed by atoms with van der Waals surface area (Å²) in [4.78, 5) is 26.5. The fraction of sp³-hybridized carbons (Fsp3) is 0.0667. The number of benzene rings is 2. The summed E-state index contributed by atoms with van der Waals surface area (Å²) >= 11 is 5.88. The number of anilines is 1. The monoisotopic (exact) mass is 315 g/mol. The van der Waals surface area contributed by atoms with Gasteiger partial charge in [0.2, 0.25) is 5.91 Å². The van der Waals surface area contributed by atoms with Gasteiger partial charge in [-0.2, -0.15) is 0 Å². The Morgan fingerprint density at radius 1 is 1.18 bits per heavy atom. The third-order valence-electron chi connectivity index (χ3n) is 3.24. The summed E-state index contributed by atoms with van der Waals surface area (Å²) in [5.41, 5.74) is 2.22. The summed E-state index contributed by atoms with van der Waals surface area (Å²) in [5, 5.41) is 14.3. The fourth-order valence-corrected chi connectivity index (χ4v) is 2.36. The first kappa shape index (κ1) is 14.2. The van der Waals surface area contributed by atoms with Crippen LogP contribution < -0.4 is 5.32 Å². The van der Waals surface area contributed by atoms with Crippen molar-refractivity contribution in [3.63, 3.8) is 0 Å². The molecule has 2 aromatic rings. The van der Waals surface area contributed by atoms with Gasteiger partial charge in [0.1, 0.15) is 6.54 Å². The van der Waals surface area contributed by atoms with E-state index in [9.17, 15) is 14.9 Å². The van der Waals surface area contributed by atoms with Crippen LogP contribution in [-0.2, 0) is 4.79 Å². The molecule has 0 bridgehead atoms. The lowest BCUT2D eigenvalue weighted by molar-refractivity contribution is -0.384. The number of amides is 1. The van der Waals surface area contributed by atoms with Crippen LogP contribution in [-0.4, -0.2) is 23.1 Å². The van der Waals surface area contributed by atoms with Gasteiger partial charge in [0.15, 0.2) is 0 Å². The van der Waals surface area contributed by atoms with Crippen molar-refractivity contribution < 1.29 is 9.72 Å². The van der Waals surface area contributed by atoms with Crippen molar-refractivity contribution in [2.75, 3.05) is 11.9 Å². The maximum absolute atomic E-state index is 11.7. The Balaban J connectivity index is 2.18. The Hall–Kier alpha value is -2.73. The highest BCUT2D eigenvalue weighted by Gasteiger charge is 2.20. The van der Waals surface area contributed by atoms with Gasteiger partial charge in [-0.3, -0.25) is 19.9 Å². The van der Waals surface area contributed by atoms with Gasteiger partial charge in [-0.25, -0.2) is 0 Å². The topological polar surface area (TPSA) is 84.6 Å². The number of nitro benzene ring substituents is 1. The predicted octanol–water partition coefficient (Wildman–Crippen LogP) is 3.04. The van der Waals surface area contributed by atoms with E-state index in [2.05, 4.69) is 10.3 Å². The Kier molecular flexibility index (Phi) is 3.60. The molecule has 6 nitrogen and oxygen atoms in total. The number of halogens is 1. The average molecular weight is 316 g/mol. The molecule has 0 saturated heterocycles. The molecule has 7 heteroatoms. The van der Waals surface area contributed by atoms with Crippen molar-refractivity contribution in [2.45, 2.75) is 0 Å². The number of non-ortho nitro benzene ring substituents is 1. The Morgan fingerprint density at radius 3 is 2.59 bits per heavy atom. The van der Waals surface area contributed by atoms with Gasteiger partial charge in [-0.15, -0.1) is 0 Å². The third-order valence-corrected chi connectivity index (χ3v) is 3.49. The molecule has 1 heterocycles. The Morgan fingerprint density at radius 2 is 1.91 bits per heavy atom. The number of carbonyl (C=O) groups is 1. The van der Waals surface area contributed by atoms with E-state index in [1.807, 2.05) is 0 Å². The quantitative estimate of drug-likeness (QED) is 0.682. The highest BCUT2D eigenvalue weighted by atomic mass is 35.5. The van der Waals surface area contributed by atoms with Crippen LogP contribution in [0.5, 0.6) is 0 Å². The summed E-state index contributed by atoms with van der Waals surface area (Å²) in [6, 6.07) is 11.2. The number of nitrogens with one attached hydrogen (secondary N) is 1. The lowest BCUT2D eigenvalue weighted by atomic mass is 10.00. The number of nitrogens with zero attached hydrogens (tertiary/aromatic N) is 2. The molecule has 22 heavy (non-hydrogen) atoms. The molecule has 110 valence electrons. The van der Waals surface area contributed by atoms with Crippen LogP contribution in [0.4, 0.5) is 11.4 Å². The molecule has 0 saturated carbocycles. The second-order valence-corrected chi connectivity index (χ2v) is 5.14. The number of nitro groups is 1. The minimum atomic E-state index is -0.480. The molecule has 1 aliphatic heterocycles. The molecule has 1 aliphatic rings. The van der Waals surface area contributed by atoms with Crippen molar-refractivity contribution in [1.29, 1.82) is 0 Å². The first-order chi connectivity index (χ1) is 10.5. The van der Waals surface area contributed by atoms with E-state index in [1.165, 1.54) is 18.2 Å². The van der Waals surface area contributed by atoms with Crippen LogP contribution in [0.3, 0.4) is 0 Å². The van der Waals surface area contributed by atoms with E-state index < -0.39 is 4.92 Å². The molecule has 1 amide bonds. The molecule has 0 fully saturated rings. The zero-order valence-corrected chi connectivity index (χ0v) is 12.0. The number of carbonyl (C=O) groups excluding carboxylic acids is 1. The van der Waals surface area contributed by atoms with Gasteiger partial charge in [-0.05, 0) is 18.2 Å². The van der Waals surface area contributed by atoms with E-state index >= 15 is 0 Å². The van der Waals surface area contributed by atoms with Gasteiger partial charge in [-0.1, -0.05) is 23.7 Å². The molecule has 0 unspecified atom stereocenters. The number of benzodiazepines with no additional fused rings is 1. The van der Waals surface area contributed by atoms with E-state index in [-0.39, 0.29) is 18.1 Å². The maximum Gasteiger partial charge on any atom is 0.270 e. The lowest BCUT2D eigenvalue weighted by Gasteiger charge is -2.10. The summed E-state index contributed by atoms with van der Waals surface area (Å²) < 4.78 is 0. The van der Waals surface area contributed by atoms with E-state index in [4.69, 9.17) is 11.6 Å². The van der Waals surface area contributed by atoms with E-state index in [0.717, 1.165) is 5.56 Å². The second kappa shape index (κ2) is 5.57. The molecule has 0 spiro atoms. The van der Waals surface area contributed by atoms with E-state index in [0.29, 0.717) is 22.0 Å². The second-order valence-electron chi connectivity index (χ2n) is 4.71. The predicted molar refractivity (Wildman–Crippen MR) is 83.7 cm³/mol. The van der Waals surface area contributed by atoms with Gasteiger partial charge >= 0.3 is 0 Å². The number of fused-ring (bicyclic) bond motifs is 1. The summed E-state index contributed by atoms with van der Waals surface area (Å²) in [5.74, 6) is -0.265. The molecule has 0 aromatic heterocycles. The van der Waals surface area contributed by atoms with Crippen molar-refractivity contribution in [1.82, 2.24) is 0 Å². The number of rotatable bonds is 2. The van der Waals surface area contributed by atoms with Crippen LogP contribution in [0.1, 0.15) is 11.1 Å². The van der Waals surface area contributed by atoms with Gasteiger partial charge < -0.3 is 5.32 Å². The molecule has 2 aromatic carbocycles. The molecule has 0 aliphatic carbocycles. The average Bonchev–Trinajstić information content (AvgIpc) is 2.66. The highest BCUT2D eigenvalue weighted by molar-refractivity contribution is 6.30. The van der Waals surface area contributed by atoms with Crippen LogP contribution in [0.25, 0.3) is 0 Å².